The predicted molar refractivity (Wildman–Crippen MR) is 83.9 cm³/mol. The van der Waals surface area contributed by atoms with Crippen molar-refractivity contribution in [3.05, 3.63) is 47.2 Å². The molecule has 1 aromatic carbocycles. The number of methoxy groups -OCH3 is 1. The number of aromatic nitrogens is 1. The van der Waals surface area contributed by atoms with Crippen LogP contribution in [0.1, 0.15) is 29.9 Å². The van der Waals surface area contributed by atoms with Gasteiger partial charge in [-0.1, -0.05) is 13.8 Å². The smallest absolute Gasteiger partial charge is 0.356 e. The maximum absolute atomic E-state index is 14.3. The van der Waals surface area contributed by atoms with Gasteiger partial charge in [-0.25, -0.2) is 18.6 Å². The average Bonchev–Trinajstić information content (AvgIpc) is 2.53. The highest BCUT2D eigenvalue weighted by atomic mass is 19.1. The van der Waals surface area contributed by atoms with Crippen molar-refractivity contribution in [3.63, 3.8) is 0 Å². The Morgan fingerprint density at radius 2 is 2.00 bits per heavy atom. The van der Waals surface area contributed by atoms with Crippen LogP contribution in [0, 0.1) is 17.0 Å². The van der Waals surface area contributed by atoms with Crippen molar-refractivity contribution in [2.75, 3.05) is 13.7 Å². The molecule has 0 spiro atoms. The standard InChI is InChI=1S/C18H17F2NO3/c1-18(2)8-13-12(11-5-4-10(19)6-14(11)20)7-15(17(22)23-3)21-16(13)24-9-18/h4-7H,8-9H2,1-3H3. The highest BCUT2D eigenvalue weighted by Crippen LogP contribution is 2.40. The van der Waals surface area contributed by atoms with Crippen LogP contribution < -0.4 is 4.74 Å². The Balaban J connectivity index is 2.24. The molecule has 0 saturated heterocycles. The van der Waals surface area contributed by atoms with Crippen molar-refractivity contribution >= 4 is 5.97 Å². The summed E-state index contributed by atoms with van der Waals surface area (Å²) in [7, 11) is 1.24. The number of pyridine rings is 1. The van der Waals surface area contributed by atoms with Crippen molar-refractivity contribution in [1.82, 2.24) is 4.98 Å². The van der Waals surface area contributed by atoms with Crippen LogP contribution in [0.25, 0.3) is 11.1 Å². The number of esters is 1. The molecule has 0 amide bonds. The Labute approximate surface area is 138 Å². The lowest BCUT2D eigenvalue weighted by molar-refractivity contribution is 0.0591. The molecule has 0 saturated carbocycles. The molecule has 0 radical (unpaired) electrons. The number of halogens is 2. The minimum atomic E-state index is -0.706. The SMILES string of the molecule is COC(=O)c1cc(-c2ccc(F)cc2F)c2c(n1)OCC(C)(C)C2. The van der Waals surface area contributed by atoms with Crippen LogP contribution in [0.15, 0.2) is 24.3 Å². The molecular formula is C18H17F2NO3. The lowest BCUT2D eigenvalue weighted by Crippen LogP contribution is -2.30. The van der Waals surface area contributed by atoms with E-state index in [-0.39, 0.29) is 22.6 Å². The fourth-order valence-corrected chi connectivity index (χ4v) is 2.79. The zero-order valence-corrected chi connectivity index (χ0v) is 13.7. The third-order valence-electron chi connectivity index (χ3n) is 3.96. The number of nitrogens with zero attached hydrogens (tertiary/aromatic N) is 1. The molecule has 1 aliphatic rings. The molecule has 24 heavy (non-hydrogen) atoms. The summed E-state index contributed by atoms with van der Waals surface area (Å²) in [6.45, 7) is 4.48. The molecule has 4 nitrogen and oxygen atoms in total. The van der Waals surface area contributed by atoms with E-state index in [1.54, 1.807) is 0 Å². The number of carbonyl (C=O) groups excluding carboxylic acids is 1. The summed E-state index contributed by atoms with van der Waals surface area (Å²) in [6.07, 6.45) is 0.600. The predicted octanol–water partition coefficient (Wildman–Crippen LogP) is 3.77. The molecule has 1 aliphatic heterocycles. The Morgan fingerprint density at radius 3 is 2.67 bits per heavy atom. The minimum Gasteiger partial charge on any atom is -0.477 e. The van der Waals surface area contributed by atoms with Crippen molar-refractivity contribution in [2.45, 2.75) is 20.3 Å². The van der Waals surface area contributed by atoms with Gasteiger partial charge in [0.25, 0.3) is 0 Å². The van der Waals surface area contributed by atoms with Crippen LogP contribution in [0.3, 0.4) is 0 Å². The third kappa shape index (κ3) is 2.96. The Hall–Kier alpha value is -2.50. The lowest BCUT2D eigenvalue weighted by Gasteiger charge is -2.32. The second-order valence-corrected chi connectivity index (χ2v) is 6.58. The molecule has 0 fully saturated rings. The van der Waals surface area contributed by atoms with E-state index in [0.717, 1.165) is 6.07 Å². The summed E-state index contributed by atoms with van der Waals surface area (Å²) in [6, 6.07) is 4.81. The number of ether oxygens (including phenoxy) is 2. The summed E-state index contributed by atoms with van der Waals surface area (Å²) in [5.74, 6) is -1.72. The van der Waals surface area contributed by atoms with E-state index in [0.29, 0.717) is 24.2 Å². The molecule has 0 atom stereocenters. The topological polar surface area (TPSA) is 48.4 Å². The van der Waals surface area contributed by atoms with E-state index in [1.165, 1.54) is 25.3 Å². The molecule has 126 valence electrons. The molecule has 2 heterocycles. The van der Waals surface area contributed by atoms with E-state index < -0.39 is 17.6 Å². The maximum Gasteiger partial charge on any atom is 0.356 e. The lowest BCUT2D eigenvalue weighted by atomic mass is 9.82. The Morgan fingerprint density at radius 1 is 1.25 bits per heavy atom. The second kappa shape index (κ2) is 5.85. The van der Waals surface area contributed by atoms with Crippen LogP contribution in [-0.4, -0.2) is 24.7 Å². The molecule has 0 aliphatic carbocycles. The fourth-order valence-electron chi connectivity index (χ4n) is 2.79. The van der Waals surface area contributed by atoms with Crippen LogP contribution in [-0.2, 0) is 11.2 Å². The van der Waals surface area contributed by atoms with Crippen LogP contribution >= 0.6 is 0 Å². The first kappa shape index (κ1) is 16.4. The Kier molecular flexibility index (Phi) is 3.99. The molecular weight excluding hydrogens is 316 g/mol. The van der Waals surface area contributed by atoms with E-state index in [4.69, 9.17) is 9.47 Å². The zero-order chi connectivity index (χ0) is 17.5. The van der Waals surface area contributed by atoms with Crippen LogP contribution in [0.5, 0.6) is 5.88 Å². The average molecular weight is 333 g/mol. The molecule has 0 unspecified atom stereocenters. The van der Waals surface area contributed by atoms with Crippen molar-refractivity contribution in [1.29, 1.82) is 0 Å². The molecule has 6 heteroatoms. The van der Waals surface area contributed by atoms with E-state index in [1.807, 2.05) is 13.8 Å². The molecule has 0 bridgehead atoms. The van der Waals surface area contributed by atoms with Gasteiger partial charge in [-0.3, -0.25) is 0 Å². The van der Waals surface area contributed by atoms with Gasteiger partial charge in [0, 0.05) is 22.6 Å². The van der Waals surface area contributed by atoms with Gasteiger partial charge in [-0.2, -0.15) is 0 Å². The van der Waals surface area contributed by atoms with Gasteiger partial charge >= 0.3 is 5.97 Å². The summed E-state index contributed by atoms with van der Waals surface area (Å²) >= 11 is 0. The normalized spacial score (nSPS) is 15.4. The van der Waals surface area contributed by atoms with E-state index in [9.17, 15) is 13.6 Å². The number of carbonyl (C=O) groups is 1. The fraction of sp³-hybridized carbons (Fsp3) is 0.333. The van der Waals surface area contributed by atoms with Crippen LogP contribution in [0.2, 0.25) is 0 Å². The number of fused-ring (bicyclic) bond motifs is 1. The summed E-state index contributed by atoms with van der Waals surface area (Å²) in [5.41, 5.74) is 1.22. The zero-order valence-electron chi connectivity index (χ0n) is 13.7. The van der Waals surface area contributed by atoms with Gasteiger partial charge in [0.1, 0.15) is 11.6 Å². The molecule has 3 rings (SSSR count). The van der Waals surface area contributed by atoms with E-state index in [2.05, 4.69) is 4.98 Å². The van der Waals surface area contributed by atoms with Crippen molar-refractivity contribution in [3.8, 4) is 17.0 Å². The van der Waals surface area contributed by atoms with Crippen molar-refractivity contribution < 1.29 is 23.0 Å². The third-order valence-corrected chi connectivity index (χ3v) is 3.96. The minimum absolute atomic E-state index is 0.0229. The first-order valence-corrected chi connectivity index (χ1v) is 7.51. The van der Waals surface area contributed by atoms with Gasteiger partial charge in [-0.15, -0.1) is 0 Å². The molecule has 0 N–H and O–H groups in total. The number of benzene rings is 1. The highest BCUT2D eigenvalue weighted by Gasteiger charge is 2.31. The van der Waals surface area contributed by atoms with Crippen LogP contribution in [0.4, 0.5) is 8.78 Å². The maximum atomic E-state index is 14.3. The monoisotopic (exact) mass is 333 g/mol. The van der Waals surface area contributed by atoms with Gasteiger partial charge in [0.05, 0.1) is 13.7 Å². The summed E-state index contributed by atoms with van der Waals surface area (Å²) < 4.78 is 37.9. The first-order chi connectivity index (χ1) is 11.3. The highest BCUT2D eigenvalue weighted by molar-refractivity contribution is 5.90. The number of hydrogen-bond acceptors (Lipinski definition) is 4. The largest absolute Gasteiger partial charge is 0.477 e. The van der Waals surface area contributed by atoms with Gasteiger partial charge in [0.15, 0.2) is 5.69 Å². The molecule has 1 aromatic heterocycles. The van der Waals surface area contributed by atoms with E-state index >= 15 is 0 Å². The summed E-state index contributed by atoms with van der Waals surface area (Å²) in [4.78, 5) is 16.0. The summed E-state index contributed by atoms with van der Waals surface area (Å²) in [5, 5.41) is 0. The van der Waals surface area contributed by atoms with Crippen molar-refractivity contribution in [2.24, 2.45) is 5.41 Å². The second-order valence-electron chi connectivity index (χ2n) is 6.58. The first-order valence-electron chi connectivity index (χ1n) is 7.51. The quantitative estimate of drug-likeness (QED) is 0.785. The molecule has 2 aromatic rings. The number of hydrogen-bond donors (Lipinski definition) is 0. The van der Waals surface area contributed by atoms with Gasteiger partial charge in [-0.05, 0) is 30.2 Å². The van der Waals surface area contributed by atoms with Gasteiger partial charge < -0.3 is 9.47 Å². The van der Waals surface area contributed by atoms with Gasteiger partial charge in [0.2, 0.25) is 5.88 Å². The Bertz CT molecular complexity index is 818. The number of rotatable bonds is 2.